The van der Waals surface area contributed by atoms with Gasteiger partial charge in [0.05, 0.1) is 12.1 Å². The van der Waals surface area contributed by atoms with E-state index in [1.807, 2.05) is 6.07 Å². The largest absolute Gasteiger partial charge is 0.598 e. The van der Waals surface area contributed by atoms with Crippen LogP contribution in [0.2, 0.25) is 0 Å². The fourth-order valence-corrected chi connectivity index (χ4v) is 5.68. The van der Waals surface area contributed by atoms with Gasteiger partial charge in [-0.3, -0.25) is 0 Å². The van der Waals surface area contributed by atoms with Gasteiger partial charge in [0.15, 0.2) is 0 Å². The lowest BCUT2D eigenvalue weighted by Gasteiger charge is -2.57. The molecule has 3 atom stereocenters. The second kappa shape index (κ2) is 9.24. The number of halogens is 2. The van der Waals surface area contributed by atoms with Gasteiger partial charge < -0.3 is 14.2 Å². The third-order valence-corrected chi connectivity index (χ3v) is 6.96. The lowest BCUT2D eigenvalue weighted by atomic mass is 9.67. The normalized spacial score (nSPS) is 25.4. The number of carbonyl (C=O) groups excluding carboxylic acids is 1. The Bertz CT molecular complexity index is 1010. The minimum atomic E-state index is -1.33. The average molecular weight is 477 g/mol. The molecule has 0 spiro atoms. The predicted octanol–water partition coefficient (Wildman–Crippen LogP) is 4.82. The van der Waals surface area contributed by atoms with E-state index in [-0.39, 0.29) is 35.5 Å². The molecule has 0 aromatic heterocycles. The molecule has 2 saturated heterocycles. The van der Waals surface area contributed by atoms with Crippen LogP contribution in [0.5, 0.6) is 0 Å². The standard InChI is InChI=1S/C25H30F2N2O3S/c1-25(2,3)32-24(30)29-19-11-17(12-19)23(28-33(4)31)21(29)13-16-10-18(26)14-20(22(16)27)15-8-6-5-7-9-15/h5-10,14,17,19,21,23,28H,11-13H2,1-4H3/t17?,19?,21-,23-,33?/m0/s1. The van der Waals surface area contributed by atoms with Crippen molar-refractivity contribution >= 4 is 17.5 Å². The number of fused-ring (bicyclic) bond motifs is 2. The summed E-state index contributed by atoms with van der Waals surface area (Å²) in [5.74, 6) is -0.839. The van der Waals surface area contributed by atoms with Gasteiger partial charge in [0.2, 0.25) is 0 Å². The highest BCUT2D eigenvalue weighted by Crippen LogP contribution is 2.45. The highest BCUT2D eigenvalue weighted by atomic mass is 32.2. The minimum absolute atomic E-state index is 0.0246. The SMILES string of the molecule is C[S+]([O-])N[C@H]1C2CC(C2)N(C(=O)OC(C)(C)C)[C@H]1Cc1cc(F)cc(-c2ccccc2)c1F. The molecule has 1 N–H and O–H groups in total. The molecule has 2 aliphatic heterocycles. The highest BCUT2D eigenvalue weighted by molar-refractivity contribution is 7.88. The fourth-order valence-electron chi connectivity index (χ4n) is 4.95. The molecule has 1 saturated carbocycles. The molecular weight excluding hydrogens is 446 g/mol. The van der Waals surface area contributed by atoms with E-state index < -0.39 is 40.7 Å². The van der Waals surface area contributed by atoms with Gasteiger partial charge in [-0.15, -0.1) is 4.72 Å². The summed E-state index contributed by atoms with van der Waals surface area (Å²) in [4.78, 5) is 14.8. The number of benzene rings is 2. The first-order valence-corrected chi connectivity index (χ1v) is 12.7. The fraction of sp³-hybridized carbons (Fsp3) is 0.480. The van der Waals surface area contributed by atoms with Crippen LogP contribution in [-0.2, 0) is 22.5 Å². The Morgan fingerprint density at radius 2 is 1.88 bits per heavy atom. The minimum Gasteiger partial charge on any atom is -0.598 e. The zero-order valence-corrected chi connectivity index (χ0v) is 20.1. The molecule has 1 unspecified atom stereocenters. The molecular formula is C25H30F2N2O3S. The van der Waals surface area contributed by atoms with Gasteiger partial charge in [0.25, 0.3) is 0 Å². The molecule has 1 amide bonds. The van der Waals surface area contributed by atoms with Crippen LogP contribution in [0.25, 0.3) is 11.1 Å². The zero-order chi connectivity index (χ0) is 23.9. The topological polar surface area (TPSA) is 64.6 Å². The quantitative estimate of drug-likeness (QED) is 0.629. The molecule has 2 aromatic carbocycles. The van der Waals surface area contributed by atoms with Crippen molar-refractivity contribution in [1.82, 2.24) is 9.62 Å². The van der Waals surface area contributed by atoms with E-state index in [1.54, 1.807) is 49.9 Å². The van der Waals surface area contributed by atoms with E-state index in [9.17, 15) is 13.7 Å². The molecule has 5 rings (SSSR count). The number of piperidine rings is 2. The van der Waals surface area contributed by atoms with Crippen molar-refractivity contribution in [3.8, 4) is 11.1 Å². The molecule has 2 aromatic rings. The maximum absolute atomic E-state index is 15.6. The zero-order valence-electron chi connectivity index (χ0n) is 19.3. The molecule has 2 bridgehead atoms. The highest BCUT2D eigenvalue weighted by Gasteiger charge is 2.54. The van der Waals surface area contributed by atoms with Crippen molar-refractivity contribution < 1.29 is 22.9 Å². The first kappa shape index (κ1) is 24.0. The lowest BCUT2D eigenvalue weighted by molar-refractivity contribution is -0.0652. The molecule has 1 aliphatic carbocycles. The number of hydrogen-bond acceptors (Lipinski definition) is 4. The van der Waals surface area contributed by atoms with Crippen molar-refractivity contribution in [3.05, 3.63) is 59.7 Å². The number of carbonyl (C=O) groups is 1. The van der Waals surface area contributed by atoms with Gasteiger partial charge in [0.1, 0.15) is 23.5 Å². The number of hydrogen-bond donors (Lipinski definition) is 1. The Kier molecular flexibility index (Phi) is 6.71. The Morgan fingerprint density at radius 1 is 1.21 bits per heavy atom. The second-order valence-corrected chi connectivity index (χ2v) is 11.1. The molecule has 8 heteroatoms. The Morgan fingerprint density at radius 3 is 2.48 bits per heavy atom. The van der Waals surface area contributed by atoms with Crippen LogP contribution >= 0.6 is 0 Å². The Hall–Kier alpha value is -2.16. The van der Waals surface area contributed by atoms with Gasteiger partial charge in [-0.2, -0.15) is 0 Å². The second-order valence-electron chi connectivity index (χ2n) is 9.93. The van der Waals surface area contributed by atoms with Gasteiger partial charge in [-0.1, -0.05) is 30.3 Å². The van der Waals surface area contributed by atoms with Crippen molar-refractivity contribution in [3.63, 3.8) is 0 Å². The molecule has 3 fully saturated rings. The van der Waals surface area contributed by atoms with E-state index >= 15 is 4.39 Å². The van der Waals surface area contributed by atoms with Crippen molar-refractivity contribution in [2.75, 3.05) is 6.26 Å². The lowest BCUT2D eigenvalue weighted by Crippen LogP contribution is -2.70. The predicted molar refractivity (Wildman–Crippen MR) is 125 cm³/mol. The first-order chi connectivity index (χ1) is 15.5. The van der Waals surface area contributed by atoms with Crippen LogP contribution in [0.4, 0.5) is 13.6 Å². The third kappa shape index (κ3) is 5.18. The van der Waals surface area contributed by atoms with E-state index in [4.69, 9.17) is 4.74 Å². The summed E-state index contributed by atoms with van der Waals surface area (Å²) < 4.78 is 51.0. The molecule has 3 aliphatic rings. The van der Waals surface area contributed by atoms with Crippen molar-refractivity contribution in [1.29, 1.82) is 0 Å². The van der Waals surface area contributed by atoms with Crippen LogP contribution in [0.3, 0.4) is 0 Å². The van der Waals surface area contributed by atoms with E-state index in [0.717, 1.165) is 12.8 Å². The molecule has 2 heterocycles. The van der Waals surface area contributed by atoms with Crippen molar-refractivity contribution in [2.24, 2.45) is 5.92 Å². The molecule has 5 nitrogen and oxygen atoms in total. The summed E-state index contributed by atoms with van der Waals surface area (Å²) in [7, 11) is 0. The third-order valence-electron chi connectivity index (χ3n) is 6.36. The van der Waals surface area contributed by atoms with Gasteiger partial charge in [0, 0.05) is 23.0 Å². The van der Waals surface area contributed by atoms with Crippen LogP contribution in [-0.4, -0.2) is 45.5 Å². The molecule has 0 radical (unpaired) electrons. The summed E-state index contributed by atoms with van der Waals surface area (Å²) in [5.41, 5.74) is 0.250. The summed E-state index contributed by atoms with van der Waals surface area (Å²) in [6.45, 7) is 5.38. The number of rotatable bonds is 5. The Labute approximate surface area is 196 Å². The van der Waals surface area contributed by atoms with Crippen LogP contribution in [0.15, 0.2) is 42.5 Å². The molecule has 178 valence electrons. The van der Waals surface area contributed by atoms with Gasteiger partial charge >= 0.3 is 6.09 Å². The van der Waals surface area contributed by atoms with E-state index in [1.165, 1.54) is 18.4 Å². The average Bonchev–Trinajstić information content (AvgIpc) is 2.69. The molecule has 33 heavy (non-hydrogen) atoms. The summed E-state index contributed by atoms with van der Waals surface area (Å²) in [6, 6.07) is 10.4. The summed E-state index contributed by atoms with van der Waals surface area (Å²) in [5, 5.41) is 0. The number of ether oxygens (including phenoxy) is 1. The van der Waals surface area contributed by atoms with Gasteiger partial charge in [-0.25, -0.2) is 13.6 Å². The first-order valence-electron chi connectivity index (χ1n) is 11.2. The van der Waals surface area contributed by atoms with Crippen LogP contribution < -0.4 is 4.72 Å². The summed E-state index contributed by atoms with van der Waals surface area (Å²) >= 11 is -1.33. The maximum atomic E-state index is 15.6. The summed E-state index contributed by atoms with van der Waals surface area (Å²) in [6.07, 6.45) is 2.68. The smallest absolute Gasteiger partial charge is 0.410 e. The number of nitrogens with one attached hydrogen (secondary N) is 1. The van der Waals surface area contributed by atoms with E-state index in [0.29, 0.717) is 5.56 Å². The van der Waals surface area contributed by atoms with Crippen LogP contribution in [0, 0.1) is 17.6 Å². The van der Waals surface area contributed by atoms with Gasteiger partial charge in [-0.05, 0) is 69.2 Å². The maximum Gasteiger partial charge on any atom is 0.410 e. The van der Waals surface area contributed by atoms with E-state index in [2.05, 4.69) is 4.72 Å². The number of amides is 1. The Balaban J connectivity index is 1.71. The monoisotopic (exact) mass is 476 g/mol. The van der Waals surface area contributed by atoms with Crippen LogP contribution in [0.1, 0.15) is 39.2 Å². The van der Waals surface area contributed by atoms with Crippen molar-refractivity contribution in [2.45, 2.75) is 63.8 Å². The number of nitrogens with zero attached hydrogens (tertiary/aromatic N) is 1.